The first-order valence-electron chi connectivity index (χ1n) is 54.2. The summed E-state index contributed by atoms with van der Waals surface area (Å²) in [4.78, 5) is 65.6. The molecule has 0 bridgehead atoms. The van der Waals surface area contributed by atoms with Gasteiger partial charge in [-0.3, -0.25) is 28.8 Å². The molecule has 5 aromatic carbocycles. The van der Waals surface area contributed by atoms with Crippen LogP contribution in [0.25, 0.3) is 11.1 Å². The van der Waals surface area contributed by atoms with Gasteiger partial charge in [-0.15, -0.1) is 6.58 Å². The third-order valence-electron chi connectivity index (χ3n) is 20.8. The number of benzene rings is 5. The summed E-state index contributed by atoms with van der Waals surface area (Å²) >= 11 is 0. The van der Waals surface area contributed by atoms with Crippen molar-refractivity contribution in [3.63, 3.8) is 0 Å². The molecule has 0 saturated carbocycles. The van der Waals surface area contributed by atoms with Crippen molar-refractivity contribution >= 4 is 43.5 Å². The number of hydrogen-bond donors (Lipinski definition) is 1. The quantitative estimate of drug-likeness (QED) is 0.00773. The number of carbonyl (C=O) groups is 6. The molecule has 0 saturated heterocycles. The number of ketones is 2. The minimum absolute atomic E-state index is 0. The Bertz CT molecular complexity index is 4840. The van der Waals surface area contributed by atoms with Crippen molar-refractivity contribution in [2.75, 3.05) is 26.4 Å². The van der Waals surface area contributed by atoms with Crippen LogP contribution in [0.15, 0.2) is 270 Å². The maximum absolute atomic E-state index is 11.7. The Kier molecular flexibility index (Phi) is 100. The molecule has 6 rings (SSSR count). The smallest absolute Gasteiger partial charge is 0.308 e. The molecule has 1 aliphatic carbocycles. The summed E-state index contributed by atoms with van der Waals surface area (Å²) in [6, 6.07) is 47.1. The lowest BCUT2D eigenvalue weighted by Gasteiger charge is -2.28. The van der Waals surface area contributed by atoms with E-state index in [1.54, 1.807) is 32.9 Å². The average molecular weight is 2060 g/mol. The summed E-state index contributed by atoms with van der Waals surface area (Å²) in [7, 11) is -0.844. The van der Waals surface area contributed by atoms with Crippen molar-refractivity contribution < 1.29 is 65.7 Å². The standard InChI is InChI=1S/C22H14.C18H18O2.C12H16O.C11H22O2.C11H16O.C10H14.C9H22Si.C8H16O2.C7H12O2.C7H16.C6H12.C5H10O.C5H12.C4H10.9H2/c1-6-9-12-15-17-21(18-16-13-10-7-2)22(20(4)5)19-14-11-8-3;1-12(2)18(19)20-11-17-15-9-5-3-7-13(15)14-8-4-6-10-16(14)17;1-10(2)12(13)9-8-11-6-4-3-5-7-11;1-9(2)7-5-6-8-13-11(12)10(3)4;1-9(2)7-10-3-5-11(8-12)6-4-10;1-9(2)8-10-6-4-3-5-7-10;1-8(2)7-10(5,6)9(3)4;1-6(2)5-10-8(9)7(3)4;1-4-5-9-7(8)6(2)3;1-6(2)5-7(3)4;1-4-5-6(2)3;1-4(2)5(3)6;1-4-5(2)3;1-4(2)3;;;;;;;;;/h17,20H,1-3H2,4-5H3;3-10,12,17H,11H2,1-2H3;3-7,10H,8-9H2,1-2H3;9-10H,5-8H2,1-4H3;3-6,9,12H,7-8H2,1-2H3;3-7,9H,8H2,1-2H3;8-9H,7H2,1-6H3;6-7H,5H2,1-4H3;4,6H,1,5H2,2-3H3;6-7H,5H2,1-4H3;4,6H,1,5H2,2-3H3;4H,1-3H3;5H,4H2,1-3H3;4H,1-3H3;9*1H. The van der Waals surface area contributed by atoms with Gasteiger partial charge in [0.2, 0.25) is 0 Å². The summed E-state index contributed by atoms with van der Waals surface area (Å²) in [6.07, 6.45) is 16.2. The number of aliphatic hydroxyl groups is 1. The van der Waals surface area contributed by atoms with E-state index in [2.05, 4.69) is 364 Å². The number of fused-ring (bicyclic) bond motifs is 3. The molecule has 5 aromatic rings. The molecule has 0 atom stereocenters. The van der Waals surface area contributed by atoms with E-state index in [4.69, 9.17) is 24.1 Å². The highest BCUT2D eigenvalue weighted by Crippen LogP contribution is 2.44. The zero-order valence-corrected chi connectivity index (χ0v) is 102. The predicted molar refractivity (Wildman–Crippen MR) is 656 cm³/mol. The highest BCUT2D eigenvalue weighted by Gasteiger charge is 2.30. The third kappa shape index (κ3) is 99.7. The second kappa shape index (κ2) is 97.4. The molecule has 12 heteroatoms. The third-order valence-corrected chi connectivity index (χ3v) is 25.8. The number of esters is 4. The number of hydrogen-bond acceptors (Lipinski definition) is 11. The topological polar surface area (TPSA) is 160 Å². The van der Waals surface area contributed by atoms with Gasteiger partial charge in [-0.2, -0.15) is 0 Å². The fourth-order valence-electron chi connectivity index (χ4n) is 11.8. The molecule has 0 spiro atoms. The van der Waals surface area contributed by atoms with Crippen LogP contribution in [0, 0.1) is 101 Å². The monoisotopic (exact) mass is 2050 g/mol. The lowest BCUT2D eigenvalue weighted by Crippen LogP contribution is -2.30. The first-order valence-corrected chi connectivity index (χ1v) is 57.5. The molecule has 11 nitrogen and oxygen atoms in total. The molecule has 0 unspecified atom stereocenters. The van der Waals surface area contributed by atoms with Crippen molar-refractivity contribution in [2.24, 2.45) is 101 Å². The van der Waals surface area contributed by atoms with Crippen LogP contribution in [0.4, 0.5) is 0 Å². The molecular weight excluding hydrogens is 1830 g/mol. The minimum Gasteiger partial charge on any atom is -0.465 e. The van der Waals surface area contributed by atoms with Crippen LogP contribution in [0.1, 0.15) is 367 Å². The van der Waals surface area contributed by atoms with Crippen molar-refractivity contribution in [2.45, 2.75) is 371 Å². The largest absolute Gasteiger partial charge is 0.465 e. The van der Waals surface area contributed by atoms with Crippen LogP contribution in [0.3, 0.4) is 0 Å². The Morgan fingerprint density at radius 2 is 0.803 bits per heavy atom. The Labute approximate surface area is 917 Å². The lowest BCUT2D eigenvalue weighted by atomic mass is 9.96. The number of aryl methyl sites for hydroxylation is 1. The zero-order valence-electron chi connectivity index (χ0n) is 101. The van der Waals surface area contributed by atoms with E-state index < -0.39 is 8.07 Å². The summed E-state index contributed by atoms with van der Waals surface area (Å²) in [5, 5.41) is 8.81. The van der Waals surface area contributed by atoms with Crippen LogP contribution in [0.2, 0.25) is 24.7 Å². The fourth-order valence-corrected chi connectivity index (χ4v) is 14.4. The van der Waals surface area contributed by atoms with Gasteiger partial charge in [0.25, 0.3) is 0 Å². The van der Waals surface area contributed by atoms with Gasteiger partial charge < -0.3 is 24.1 Å². The van der Waals surface area contributed by atoms with Crippen molar-refractivity contribution in [1.82, 2.24) is 0 Å². The molecule has 0 aliphatic heterocycles. The van der Waals surface area contributed by atoms with Gasteiger partial charge >= 0.3 is 23.9 Å². The molecule has 0 radical (unpaired) electrons. The molecular formula is C135H228O11Si. The summed E-state index contributed by atoms with van der Waals surface area (Å²) < 4.78 is 20.1. The lowest BCUT2D eigenvalue weighted by molar-refractivity contribution is -0.149. The van der Waals surface area contributed by atoms with Crippen LogP contribution in [0.5, 0.6) is 0 Å². The van der Waals surface area contributed by atoms with E-state index in [1.165, 1.54) is 70.7 Å². The van der Waals surface area contributed by atoms with Gasteiger partial charge in [0.15, 0.2) is 0 Å². The Balaban J connectivity index is -0.0000000904. The maximum Gasteiger partial charge on any atom is 0.308 e. The Morgan fingerprint density at radius 3 is 1.14 bits per heavy atom. The van der Waals surface area contributed by atoms with E-state index in [0.717, 1.165) is 96.1 Å². The average Bonchev–Trinajstić information content (AvgIpc) is 1.61. The van der Waals surface area contributed by atoms with E-state index in [-0.39, 0.29) is 96.5 Å². The van der Waals surface area contributed by atoms with Crippen LogP contribution in [-0.4, -0.2) is 75.1 Å². The highest BCUT2D eigenvalue weighted by molar-refractivity contribution is 6.78. The van der Waals surface area contributed by atoms with Crippen LogP contribution < -0.4 is 0 Å². The predicted octanol–water partition coefficient (Wildman–Crippen LogP) is 39.1. The second-order valence-corrected chi connectivity index (χ2v) is 49.7. The molecule has 0 fully saturated rings. The maximum atomic E-state index is 11.7. The number of allylic oxidation sites excluding steroid dienone is 4. The van der Waals surface area contributed by atoms with Crippen molar-refractivity contribution in [1.29, 1.82) is 0 Å². The van der Waals surface area contributed by atoms with Crippen molar-refractivity contribution in [3.05, 3.63) is 304 Å². The zero-order chi connectivity index (χ0) is 115. The normalized spacial score (nSPS) is 10.2. The number of Topliss-reactive ketones (excluding diaryl/α,β-unsaturated/α-hetero) is 2. The summed E-state index contributed by atoms with van der Waals surface area (Å²) in [6.45, 7) is 106. The number of carbonyl (C=O) groups excluding carboxylic acids is 6. The molecule has 147 heavy (non-hydrogen) atoms. The number of rotatable bonds is 36. The highest BCUT2D eigenvalue weighted by atomic mass is 28.3. The first kappa shape index (κ1) is 152. The Hall–Kier alpha value is -10.7. The Morgan fingerprint density at radius 1 is 0.408 bits per heavy atom. The van der Waals surface area contributed by atoms with Gasteiger partial charge in [-0.05, 0) is 221 Å². The van der Waals surface area contributed by atoms with E-state index in [1.807, 2.05) is 145 Å². The summed E-state index contributed by atoms with van der Waals surface area (Å²) in [5.41, 5.74) is 47.1. The summed E-state index contributed by atoms with van der Waals surface area (Å²) in [5.74, 6) is 8.50. The van der Waals surface area contributed by atoms with Gasteiger partial charge in [0, 0.05) is 54.2 Å². The van der Waals surface area contributed by atoms with Gasteiger partial charge in [0.1, 0.15) is 24.8 Å². The molecule has 838 valence electrons. The SMILES string of the molecule is C=C=C=C=C=C=C(C=C=C=C=C=C)C(=C=C=C=C=C)C(C)C.C=CCC(C)C.C=CCOC(=O)C(C)C.CC(=O)C(C)C.CC(C)C.CC(C)C(=O)CCc1ccccc1.CC(C)C(=O)OCC1c2ccccc2-c2ccccc21.CC(C)CC(C)C.CC(C)CCCCOC(=O)C(C)C.CC(C)COC(=O)C(C)C.CC(C)C[Si](C)(C)C(C)C.CC(C)Cc1ccc(CO)cc1.CC(C)Cc1ccccc1.CCC(C)C.[HH].[HH].[HH].[HH].[HH].[HH].[HH].[HH].[HH]. The number of aliphatic hydroxyl groups excluding tert-OH is 1. The number of ether oxygens (including phenoxy) is 4. The molecule has 0 aromatic heterocycles. The second-order valence-electron chi connectivity index (χ2n) is 44.1. The fraction of sp³-hybridized carbons (Fsp3) is 0.563. The van der Waals surface area contributed by atoms with Gasteiger partial charge in [-0.1, -0.05) is 487 Å². The van der Waals surface area contributed by atoms with Gasteiger partial charge in [0.05, 0.1) is 51.6 Å². The van der Waals surface area contributed by atoms with Gasteiger partial charge in [-0.25, -0.2) is 0 Å². The van der Waals surface area contributed by atoms with E-state index in [0.29, 0.717) is 56.0 Å². The van der Waals surface area contributed by atoms with E-state index in [9.17, 15) is 28.8 Å². The molecule has 0 amide bonds. The molecule has 1 N–H and O–H groups in total. The minimum atomic E-state index is -0.844. The molecule has 0 heterocycles. The first-order chi connectivity index (χ1) is 68.7. The van der Waals surface area contributed by atoms with Crippen LogP contribution >= 0.6 is 0 Å². The van der Waals surface area contributed by atoms with E-state index >= 15 is 0 Å². The molecule has 1 aliphatic rings. The number of unbranched alkanes of at least 4 members (excludes halogenated alkanes) is 1. The van der Waals surface area contributed by atoms with Crippen LogP contribution in [-0.2, 0) is 73.6 Å². The van der Waals surface area contributed by atoms with Crippen molar-refractivity contribution in [3.8, 4) is 11.1 Å².